The quantitative estimate of drug-likeness (QED) is 0.783. The second kappa shape index (κ2) is 5.47. The molecule has 0 spiro atoms. The highest BCUT2D eigenvalue weighted by molar-refractivity contribution is 5.83. The van der Waals surface area contributed by atoms with Crippen molar-refractivity contribution < 1.29 is 0 Å². The van der Waals surface area contributed by atoms with Crippen molar-refractivity contribution in [3.63, 3.8) is 0 Å². The molecule has 0 unspecified atom stereocenters. The van der Waals surface area contributed by atoms with Gasteiger partial charge in [0.2, 0.25) is 0 Å². The van der Waals surface area contributed by atoms with E-state index in [-0.39, 0.29) is 0 Å². The van der Waals surface area contributed by atoms with Gasteiger partial charge in [-0.2, -0.15) is 0 Å². The monoisotopic (exact) mass is 265 g/mol. The Labute approximate surface area is 119 Å². The maximum absolute atomic E-state index is 4.17. The van der Waals surface area contributed by atoms with E-state index in [9.17, 15) is 0 Å². The third kappa shape index (κ3) is 2.45. The highest BCUT2D eigenvalue weighted by atomic mass is 14.9. The molecule has 0 amide bonds. The molecule has 2 aromatic heterocycles. The minimum absolute atomic E-state index is 0.294. The van der Waals surface area contributed by atoms with Crippen LogP contribution in [-0.4, -0.2) is 9.55 Å². The molecule has 0 saturated heterocycles. The van der Waals surface area contributed by atoms with Crippen molar-refractivity contribution in [2.75, 3.05) is 0 Å². The molecule has 20 heavy (non-hydrogen) atoms. The topological polar surface area (TPSA) is 29.9 Å². The van der Waals surface area contributed by atoms with Crippen LogP contribution in [0, 0.1) is 0 Å². The molecule has 0 aliphatic heterocycles. The zero-order valence-electron chi connectivity index (χ0n) is 11.9. The summed E-state index contributed by atoms with van der Waals surface area (Å²) >= 11 is 0. The number of pyridine rings is 1. The zero-order chi connectivity index (χ0) is 13.9. The van der Waals surface area contributed by atoms with E-state index in [1.165, 1.54) is 22.0 Å². The van der Waals surface area contributed by atoms with Gasteiger partial charge in [0.1, 0.15) is 0 Å². The van der Waals surface area contributed by atoms with Crippen LogP contribution in [0.2, 0.25) is 0 Å². The van der Waals surface area contributed by atoms with Gasteiger partial charge in [-0.15, -0.1) is 0 Å². The van der Waals surface area contributed by atoms with Crippen LogP contribution in [0.15, 0.2) is 55.0 Å². The lowest BCUT2D eigenvalue weighted by Crippen LogP contribution is -2.18. The highest BCUT2D eigenvalue weighted by Crippen LogP contribution is 2.21. The number of benzene rings is 1. The molecule has 0 saturated carbocycles. The van der Waals surface area contributed by atoms with Crippen molar-refractivity contribution in [2.45, 2.75) is 19.5 Å². The predicted octanol–water partition coefficient (Wildman–Crippen LogP) is 3.42. The normalized spacial score (nSPS) is 12.7. The molecule has 3 nitrogen and oxygen atoms in total. The Kier molecular flexibility index (Phi) is 3.52. The van der Waals surface area contributed by atoms with Gasteiger partial charge >= 0.3 is 0 Å². The van der Waals surface area contributed by atoms with Crippen molar-refractivity contribution >= 4 is 10.9 Å². The molecule has 3 heteroatoms. The van der Waals surface area contributed by atoms with Crippen molar-refractivity contribution in [3.8, 4) is 0 Å². The summed E-state index contributed by atoms with van der Waals surface area (Å²) in [5.41, 5.74) is 3.82. The molecule has 1 N–H and O–H groups in total. The van der Waals surface area contributed by atoms with Crippen molar-refractivity contribution in [1.29, 1.82) is 0 Å². The molecule has 2 heterocycles. The van der Waals surface area contributed by atoms with Crippen molar-refractivity contribution in [3.05, 3.63) is 66.1 Å². The number of nitrogens with zero attached hydrogens (tertiary/aromatic N) is 2. The summed E-state index contributed by atoms with van der Waals surface area (Å²) in [4.78, 5) is 4.17. The van der Waals surface area contributed by atoms with Gasteiger partial charge in [0.25, 0.3) is 0 Å². The van der Waals surface area contributed by atoms with Gasteiger partial charge in [-0.1, -0.05) is 24.3 Å². The van der Waals surface area contributed by atoms with E-state index in [1.807, 2.05) is 12.3 Å². The standard InChI is InChI=1S/C17H19N3/c1-13(14-6-5-9-18-10-14)19-11-15-12-20(2)17-8-4-3-7-16(15)17/h3-10,12-13,19H,11H2,1-2H3/t13-/m1/s1. The smallest absolute Gasteiger partial charge is 0.0481 e. The Morgan fingerprint density at radius 2 is 2.05 bits per heavy atom. The molecule has 1 aromatic carbocycles. The van der Waals surface area contributed by atoms with Crippen LogP contribution in [0.3, 0.4) is 0 Å². The summed E-state index contributed by atoms with van der Waals surface area (Å²) in [5, 5.41) is 4.89. The minimum atomic E-state index is 0.294. The summed E-state index contributed by atoms with van der Waals surface area (Å²) < 4.78 is 2.18. The maximum atomic E-state index is 4.17. The lowest BCUT2D eigenvalue weighted by Gasteiger charge is -2.13. The fourth-order valence-corrected chi connectivity index (χ4v) is 2.58. The van der Waals surface area contributed by atoms with Crippen LogP contribution in [0.5, 0.6) is 0 Å². The highest BCUT2D eigenvalue weighted by Gasteiger charge is 2.08. The Morgan fingerprint density at radius 1 is 1.20 bits per heavy atom. The average molecular weight is 265 g/mol. The van der Waals surface area contributed by atoms with Gasteiger partial charge in [-0.25, -0.2) is 0 Å². The summed E-state index contributed by atoms with van der Waals surface area (Å²) in [6, 6.07) is 12.9. The Balaban J connectivity index is 1.77. The second-order valence-corrected chi connectivity index (χ2v) is 5.17. The van der Waals surface area contributed by atoms with E-state index < -0.39 is 0 Å². The number of para-hydroxylation sites is 1. The van der Waals surface area contributed by atoms with Gasteiger partial charge < -0.3 is 9.88 Å². The number of hydrogen-bond acceptors (Lipinski definition) is 2. The van der Waals surface area contributed by atoms with E-state index in [4.69, 9.17) is 0 Å². The Morgan fingerprint density at radius 3 is 2.85 bits per heavy atom. The van der Waals surface area contributed by atoms with E-state index >= 15 is 0 Å². The summed E-state index contributed by atoms with van der Waals surface area (Å²) in [7, 11) is 2.09. The zero-order valence-corrected chi connectivity index (χ0v) is 11.9. The Hall–Kier alpha value is -2.13. The van der Waals surface area contributed by atoms with Crippen molar-refractivity contribution in [2.24, 2.45) is 7.05 Å². The molecule has 3 rings (SSSR count). The van der Waals surface area contributed by atoms with E-state index in [0.29, 0.717) is 6.04 Å². The molecule has 0 bridgehead atoms. The molecule has 3 aromatic rings. The summed E-state index contributed by atoms with van der Waals surface area (Å²) in [6.45, 7) is 3.03. The Bertz CT molecular complexity index is 701. The molecule has 0 radical (unpaired) electrons. The van der Waals surface area contributed by atoms with Crippen LogP contribution in [-0.2, 0) is 13.6 Å². The fourth-order valence-electron chi connectivity index (χ4n) is 2.58. The number of nitrogens with one attached hydrogen (secondary N) is 1. The lowest BCUT2D eigenvalue weighted by atomic mass is 10.1. The lowest BCUT2D eigenvalue weighted by molar-refractivity contribution is 0.574. The van der Waals surface area contributed by atoms with Gasteiger partial charge in [-0.05, 0) is 30.2 Å². The van der Waals surface area contributed by atoms with Gasteiger partial charge in [0.15, 0.2) is 0 Å². The average Bonchev–Trinajstić information content (AvgIpc) is 2.83. The summed E-state index contributed by atoms with van der Waals surface area (Å²) in [5.74, 6) is 0. The van der Waals surface area contributed by atoms with Crippen molar-refractivity contribution in [1.82, 2.24) is 14.9 Å². The minimum Gasteiger partial charge on any atom is -0.350 e. The maximum Gasteiger partial charge on any atom is 0.0481 e. The van der Waals surface area contributed by atoms with E-state index in [0.717, 1.165) is 6.54 Å². The number of aryl methyl sites for hydroxylation is 1. The van der Waals surface area contributed by atoms with Gasteiger partial charge in [-0.3, -0.25) is 4.98 Å². The molecule has 0 aliphatic rings. The summed E-state index contributed by atoms with van der Waals surface area (Å²) in [6.07, 6.45) is 5.93. The molecule has 0 aliphatic carbocycles. The number of rotatable bonds is 4. The SMILES string of the molecule is C[C@@H](NCc1cn(C)c2ccccc12)c1cccnc1. The second-order valence-electron chi connectivity index (χ2n) is 5.17. The largest absolute Gasteiger partial charge is 0.350 e. The van der Waals surface area contributed by atoms with Crippen LogP contribution < -0.4 is 5.32 Å². The molecular formula is C17H19N3. The van der Waals surface area contributed by atoms with Crippen LogP contribution in [0.4, 0.5) is 0 Å². The molecular weight excluding hydrogens is 246 g/mol. The van der Waals surface area contributed by atoms with E-state index in [1.54, 1.807) is 6.20 Å². The number of hydrogen-bond donors (Lipinski definition) is 1. The predicted molar refractivity (Wildman–Crippen MR) is 82.4 cm³/mol. The number of aromatic nitrogens is 2. The van der Waals surface area contributed by atoms with Gasteiger partial charge in [0.05, 0.1) is 0 Å². The van der Waals surface area contributed by atoms with Crippen LogP contribution in [0.1, 0.15) is 24.1 Å². The number of fused-ring (bicyclic) bond motifs is 1. The molecule has 1 atom stereocenters. The fraction of sp³-hybridized carbons (Fsp3) is 0.235. The first-order valence-corrected chi connectivity index (χ1v) is 6.92. The first-order valence-electron chi connectivity index (χ1n) is 6.92. The molecule has 0 fully saturated rings. The third-order valence-corrected chi connectivity index (χ3v) is 3.76. The van der Waals surface area contributed by atoms with E-state index in [2.05, 4.69) is 65.4 Å². The van der Waals surface area contributed by atoms with Crippen LogP contribution in [0.25, 0.3) is 10.9 Å². The molecule has 102 valence electrons. The van der Waals surface area contributed by atoms with Crippen LogP contribution >= 0.6 is 0 Å². The third-order valence-electron chi connectivity index (χ3n) is 3.76. The first kappa shape index (κ1) is 12.9. The first-order chi connectivity index (χ1) is 9.75. The van der Waals surface area contributed by atoms with Gasteiger partial charge in [0, 0.05) is 49.1 Å².